The van der Waals surface area contributed by atoms with E-state index in [4.69, 9.17) is 34.3 Å². The molecule has 7 nitrogen and oxygen atoms in total. The second-order valence-corrected chi connectivity index (χ2v) is 4.55. The minimum atomic E-state index is 0. The summed E-state index contributed by atoms with van der Waals surface area (Å²) in [7, 11) is 0. The molecule has 7 heteroatoms. The summed E-state index contributed by atoms with van der Waals surface area (Å²) in [5.41, 5.74) is 0. The summed E-state index contributed by atoms with van der Waals surface area (Å²) in [6.45, 7) is 24.1. The SMILES string of the molecule is C.C.C.C.C.C.C.C.C.C.C.C.CC.CCCOCC.CCCOCCO.CCO.CCOCC.CCOCCO. The Balaban J connectivity index is -0.00000000937. The van der Waals surface area contributed by atoms with Crippen LogP contribution < -0.4 is 0 Å². The molecule has 0 aliphatic carbocycles. The molecule has 0 heterocycles. The van der Waals surface area contributed by atoms with Crippen LogP contribution in [0.5, 0.6) is 0 Å². The Morgan fingerprint density at radius 3 is 0.659 bits per heavy atom. The van der Waals surface area contributed by atoms with E-state index in [1.165, 1.54) is 0 Å². The summed E-state index contributed by atoms with van der Waals surface area (Å²) < 4.78 is 19.4. The van der Waals surface area contributed by atoms with Gasteiger partial charge in [-0.1, -0.05) is 117 Å². The van der Waals surface area contributed by atoms with Gasteiger partial charge in [0.15, 0.2) is 0 Å². The number of aliphatic hydroxyl groups excluding tert-OH is 3. The van der Waals surface area contributed by atoms with Gasteiger partial charge in [0.05, 0.1) is 26.4 Å². The molecule has 0 amide bonds. The maximum Gasteiger partial charge on any atom is 0.0697 e. The average molecular weight is 625 g/mol. The lowest BCUT2D eigenvalue weighted by atomic mass is 10.5. The molecule has 0 spiro atoms. The van der Waals surface area contributed by atoms with Crippen molar-refractivity contribution in [2.45, 2.75) is 164 Å². The van der Waals surface area contributed by atoms with Crippen molar-refractivity contribution in [3.63, 3.8) is 0 Å². The van der Waals surface area contributed by atoms with E-state index in [-0.39, 0.29) is 109 Å². The molecule has 41 heavy (non-hydrogen) atoms. The number of hydrogen-bond donors (Lipinski definition) is 3. The quantitative estimate of drug-likeness (QED) is 0.186. The molecule has 282 valence electrons. The summed E-state index contributed by atoms with van der Waals surface area (Å²) in [4.78, 5) is 0. The lowest BCUT2D eigenvalue weighted by Gasteiger charge is -1.94. The van der Waals surface area contributed by atoms with Crippen molar-refractivity contribution in [3.8, 4) is 0 Å². The highest BCUT2D eigenvalue weighted by Crippen LogP contribution is 1.77. The zero-order valence-corrected chi connectivity index (χ0v) is 21.2. The Hall–Kier alpha value is -0.280. The molecule has 0 aliphatic heterocycles. The summed E-state index contributed by atoms with van der Waals surface area (Å²) in [5.74, 6) is 0. The number of rotatable bonds is 12. The van der Waals surface area contributed by atoms with E-state index < -0.39 is 0 Å². The summed E-state index contributed by atoms with van der Waals surface area (Å²) in [6.07, 6.45) is 2.16. The first-order valence-electron chi connectivity index (χ1n) is 11.2. The van der Waals surface area contributed by atoms with Crippen LogP contribution in [0.2, 0.25) is 0 Å². The van der Waals surface area contributed by atoms with E-state index in [1.54, 1.807) is 6.92 Å². The van der Waals surface area contributed by atoms with E-state index in [0.717, 1.165) is 45.9 Å². The van der Waals surface area contributed by atoms with Crippen LogP contribution >= 0.6 is 0 Å². The number of ether oxygens (including phenoxy) is 4. The molecule has 3 N–H and O–H groups in total. The van der Waals surface area contributed by atoms with Crippen LogP contribution in [0.15, 0.2) is 0 Å². The second kappa shape index (κ2) is 213. The van der Waals surface area contributed by atoms with Gasteiger partial charge >= 0.3 is 0 Å². The standard InChI is InChI=1S/C5H12O2.C5H12O.C4H10O2.C4H10O.C2H6O.C2H6.12CH4/c1-2-4-7-5-3-6;1-3-5-6-4-2;1-2-6-4-3-5;1-3-5-4-2;1-2-3;1-2;;;;;;;;;;;;/h6H,2-5H2,1H3;3-5H2,1-2H3;5H,2-4H2,1H3;3-4H2,1-2H3;3H,2H2,1H3;1-2H3;12*1H4. The first kappa shape index (κ1) is 124. The van der Waals surface area contributed by atoms with Crippen molar-refractivity contribution >= 4 is 0 Å². The Morgan fingerprint density at radius 1 is 0.341 bits per heavy atom. The number of hydrogen-bond acceptors (Lipinski definition) is 7. The van der Waals surface area contributed by atoms with E-state index in [1.807, 2.05) is 48.5 Å². The molecule has 0 aromatic carbocycles. The van der Waals surface area contributed by atoms with Crippen molar-refractivity contribution in [1.29, 1.82) is 0 Å². The van der Waals surface area contributed by atoms with E-state index in [0.29, 0.717) is 19.8 Å². The van der Waals surface area contributed by atoms with Crippen molar-refractivity contribution in [3.05, 3.63) is 0 Å². The van der Waals surface area contributed by atoms with Crippen LogP contribution in [0.1, 0.15) is 164 Å². The van der Waals surface area contributed by atoms with Crippen LogP contribution in [-0.4, -0.2) is 88.0 Å². The molecule has 0 aliphatic rings. The third-order valence-corrected chi connectivity index (χ3v) is 1.98. The van der Waals surface area contributed by atoms with Crippen LogP contribution in [0.25, 0.3) is 0 Å². The molecule has 0 fully saturated rings. The van der Waals surface area contributed by atoms with Gasteiger partial charge in [-0.25, -0.2) is 0 Å². The molecule has 0 saturated heterocycles. The normalized spacial score (nSPS) is 5.85. The Kier molecular flexibility index (Phi) is 647. The predicted molar refractivity (Wildman–Crippen MR) is 206 cm³/mol. The fraction of sp³-hybridized carbons (Fsp3) is 1.00. The smallest absolute Gasteiger partial charge is 0.0697 e. The van der Waals surface area contributed by atoms with Crippen LogP contribution in [-0.2, 0) is 18.9 Å². The zero-order chi connectivity index (χ0) is 24.0. The van der Waals surface area contributed by atoms with E-state index in [9.17, 15) is 0 Å². The lowest BCUT2D eigenvalue weighted by molar-refractivity contribution is 0.0928. The molecule has 0 bridgehead atoms. The lowest BCUT2D eigenvalue weighted by Crippen LogP contribution is -1.98. The average Bonchev–Trinajstić information content (AvgIpc) is 2.75. The highest BCUT2D eigenvalue weighted by Gasteiger charge is 1.78. The number of aliphatic hydroxyl groups is 3. The van der Waals surface area contributed by atoms with Gasteiger partial charge in [-0.3, -0.25) is 0 Å². The fourth-order valence-electron chi connectivity index (χ4n) is 1.01. The van der Waals surface area contributed by atoms with Gasteiger partial charge in [0.1, 0.15) is 0 Å². The predicted octanol–water partition coefficient (Wildman–Crippen LogP) is 11.6. The largest absolute Gasteiger partial charge is 0.397 e. The zero-order valence-electron chi connectivity index (χ0n) is 21.2. The molecule has 0 aromatic rings. The molecule has 0 atom stereocenters. The topological polar surface area (TPSA) is 97.6 Å². The third-order valence-electron chi connectivity index (χ3n) is 1.98. The van der Waals surface area contributed by atoms with Gasteiger partial charge in [-0.15, -0.1) is 0 Å². The highest BCUT2D eigenvalue weighted by molar-refractivity contribution is 4.24. The fourth-order valence-corrected chi connectivity index (χ4v) is 1.01. The Bertz CT molecular complexity index is 144. The molecule has 0 aromatic heterocycles. The summed E-state index contributed by atoms with van der Waals surface area (Å²) in [6, 6.07) is 0. The third kappa shape index (κ3) is 411. The Morgan fingerprint density at radius 2 is 0.537 bits per heavy atom. The van der Waals surface area contributed by atoms with Gasteiger partial charge in [-0.2, -0.15) is 0 Å². The Labute approximate surface area is 271 Å². The molecule has 0 rings (SSSR count). The van der Waals surface area contributed by atoms with E-state index >= 15 is 0 Å². The minimum absolute atomic E-state index is 0. The second-order valence-electron chi connectivity index (χ2n) is 4.55. The van der Waals surface area contributed by atoms with Gasteiger partial charge in [-0.05, 0) is 47.5 Å². The summed E-state index contributed by atoms with van der Waals surface area (Å²) in [5, 5.41) is 23.8. The molecular weight excluding hydrogens is 520 g/mol. The molecule has 0 unspecified atom stereocenters. The van der Waals surface area contributed by atoms with Gasteiger partial charge in [0.25, 0.3) is 0 Å². The summed E-state index contributed by atoms with van der Waals surface area (Å²) >= 11 is 0. The van der Waals surface area contributed by atoms with Gasteiger partial charge in [0, 0.05) is 46.2 Å². The van der Waals surface area contributed by atoms with E-state index in [2.05, 4.69) is 6.92 Å². The molecular formula is C34H104O7. The van der Waals surface area contributed by atoms with Crippen molar-refractivity contribution in [1.82, 2.24) is 0 Å². The van der Waals surface area contributed by atoms with Crippen molar-refractivity contribution in [2.24, 2.45) is 0 Å². The first-order chi connectivity index (χ1) is 14.1. The molecule has 0 saturated carbocycles. The van der Waals surface area contributed by atoms with Crippen LogP contribution in [0.3, 0.4) is 0 Å². The first-order valence-corrected chi connectivity index (χ1v) is 11.2. The van der Waals surface area contributed by atoms with Crippen LogP contribution in [0.4, 0.5) is 0 Å². The maximum atomic E-state index is 8.17. The van der Waals surface area contributed by atoms with Crippen LogP contribution in [0, 0.1) is 0 Å². The monoisotopic (exact) mass is 625 g/mol. The molecule has 0 radical (unpaired) electrons. The minimum Gasteiger partial charge on any atom is -0.397 e. The van der Waals surface area contributed by atoms with Gasteiger partial charge < -0.3 is 34.3 Å². The van der Waals surface area contributed by atoms with Crippen molar-refractivity contribution in [2.75, 3.05) is 72.7 Å². The van der Waals surface area contributed by atoms with Crippen molar-refractivity contribution < 1.29 is 34.3 Å². The highest BCUT2D eigenvalue weighted by atomic mass is 16.5. The van der Waals surface area contributed by atoms with Gasteiger partial charge in [0.2, 0.25) is 0 Å². The maximum absolute atomic E-state index is 8.17.